The van der Waals surface area contributed by atoms with Crippen molar-refractivity contribution in [1.82, 2.24) is 10.1 Å². The fraction of sp³-hybridized carbons (Fsp3) is 0.143. The number of benzene rings is 2. The molecule has 27 heavy (non-hydrogen) atoms. The van der Waals surface area contributed by atoms with E-state index < -0.39 is 6.04 Å². The molecule has 0 amide bonds. The van der Waals surface area contributed by atoms with E-state index in [-0.39, 0.29) is 18.2 Å². The summed E-state index contributed by atoms with van der Waals surface area (Å²) in [5.74, 6) is -0.352. The maximum atomic E-state index is 14.7. The molecule has 2 heterocycles. The quantitative estimate of drug-likeness (QED) is 0.538. The average Bonchev–Trinajstić information content (AvgIpc) is 3.05. The summed E-state index contributed by atoms with van der Waals surface area (Å²) in [6, 6.07) is 17.6. The van der Waals surface area contributed by atoms with Gasteiger partial charge in [0.05, 0.1) is 0 Å². The number of hydrogen-bond donors (Lipinski definition) is 1. The minimum absolute atomic E-state index is 0. The number of fused-ring (bicyclic) bond motifs is 1. The molecule has 2 aromatic carbocycles. The lowest BCUT2D eigenvalue weighted by atomic mass is 9.93. The first kappa shape index (κ1) is 19.0. The molecule has 2 aromatic heterocycles. The second kappa shape index (κ2) is 7.86. The third-order valence-electron chi connectivity index (χ3n) is 4.43. The van der Waals surface area contributed by atoms with Gasteiger partial charge in [0.25, 0.3) is 0 Å². The molecule has 0 saturated heterocycles. The Hall–Kier alpha value is -2.76. The van der Waals surface area contributed by atoms with Gasteiger partial charge in [-0.3, -0.25) is 4.98 Å². The van der Waals surface area contributed by atoms with Crippen molar-refractivity contribution in [3.05, 3.63) is 83.4 Å². The van der Waals surface area contributed by atoms with Crippen LogP contribution in [-0.4, -0.2) is 10.1 Å². The van der Waals surface area contributed by atoms with Gasteiger partial charge in [-0.2, -0.15) is 0 Å². The molecule has 0 aliphatic carbocycles. The Morgan fingerprint density at radius 1 is 1.04 bits per heavy atom. The number of pyridine rings is 1. The summed E-state index contributed by atoms with van der Waals surface area (Å²) < 4.78 is 20.1. The van der Waals surface area contributed by atoms with Crippen LogP contribution >= 0.6 is 12.4 Å². The van der Waals surface area contributed by atoms with Crippen molar-refractivity contribution in [2.24, 2.45) is 5.73 Å². The van der Waals surface area contributed by atoms with Crippen molar-refractivity contribution in [3.8, 4) is 11.3 Å². The number of hydrogen-bond acceptors (Lipinski definition) is 4. The number of nitrogens with two attached hydrogens (primary N) is 1. The number of aryl methyl sites for hydroxylation is 1. The molecule has 6 heteroatoms. The van der Waals surface area contributed by atoms with Crippen LogP contribution in [0.4, 0.5) is 4.39 Å². The fourth-order valence-electron chi connectivity index (χ4n) is 3.24. The highest BCUT2D eigenvalue weighted by atomic mass is 35.5. The molecule has 0 radical (unpaired) electrons. The maximum Gasteiger partial charge on any atom is 0.167 e. The topological polar surface area (TPSA) is 64.9 Å². The van der Waals surface area contributed by atoms with Crippen LogP contribution in [0.3, 0.4) is 0 Å². The number of aromatic nitrogens is 2. The van der Waals surface area contributed by atoms with Gasteiger partial charge in [0.15, 0.2) is 5.58 Å². The highest BCUT2D eigenvalue weighted by Gasteiger charge is 2.21. The van der Waals surface area contributed by atoms with Gasteiger partial charge in [-0.25, -0.2) is 4.39 Å². The van der Waals surface area contributed by atoms with Crippen molar-refractivity contribution >= 4 is 23.4 Å². The van der Waals surface area contributed by atoms with Gasteiger partial charge in [0, 0.05) is 40.4 Å². The van der Waals surface area contributed by atoms with Crippen molar-refractivity contribution in [2.75, 3.05) is 0 Å². The third-order valence-corrected chi connectivity index (χ3v) is 4.43. The van der Waals surface area contributed by atoms with E-state index in [1.165, 1.54) is 6.07 Å². The van der Waals surface area contributed by atoms with Gasteiger partial charge in [-0.05, 0) is 37.3 Å². The van der Waals surface area contributed by atoms with Crippen molar-refractivity contribution in [2.45, 2.75) is 19.4 Å². The smallest absolute Gasteiger partial charge is 0.167 e. The molecule has 4 rings (SSSR count). The highest BCUT2D eigenvalue weighted by molar-refractivity contribution is 5.92. The Bertz CT molecular complexity index is 1080. The van der Waals surface area contributed by atoms with Crippen LogP contribution in [0.1, 0.15) is 23.0 Å². The summed E-state index contributed by atoms with van der Waals surface area (Å²) in [6.07, 6.45) is 0.436. The van der Waals surface area contributed by atoms with E-state index in [4.69, 9.17) is 10.3 Å². The fourth-order valence-corrected chi connectivity index (χ4v) is 3.24. The monoisotopic (exact) mass is 383 g/mol. The zero-order valence-corrected chi connectivity index (χ0v) is 15.5. The number of rotatable bonds is 4. The van der Waals surface area contributed by atoms with E-state index in [0.717, 1.165) is 16.8 Å². The molecule has 2 N–H and O–H groups in total. The van der Waals surface area contributed by atoms with Crippen molar-refractivity contribution < 1.29 is 8.91 Å². The zero-order chi connectivity index (χ0) is 18.1. The third kappa shape index (κ3) is 3.70. The number of halogens is 2. The molecule has 0 aliphatic heterocycles. The van der Waals surface area contributed by atoms with Gasteiger partial charge in [-0.15, -0.1) is 12.4 Å². The van der Waals surface area contributed by atoms with E-state index in [0.29, 0.717) is 28.8 Å². The van der Waals surface area contributed by atoms with Crippen LogP contribution in [0.5, 0.6) is 0 Å². The lowest BCUT2D eigenvalue weighted by Crippen LogP contribution is -2.17. The molecule has 138 valence electrons. The Morgan fingerprint density at radius 3 is 2.63 bits per heavy atom. The summed E-state index contributed by atoms with van der Waals surface area (Å²) in [6.45, 7) is 1.92. The minimum Gasteiger partial charge on any atom is -0.356 e. The molecule has 0 saturated carbocycles. The van der Waals surface area contributed by atoms with Gasteiger partial charge in [0.2, 0.25) is 0 Å². The number of nitrogens with zero attached hydrogens (tertiary/aromatic N) is 2. The molecule has 1 atom stereocenters. The highest BCUT2D eigenvalue weighted by Crippen LogP contribution is 2.34. The first-order valence-corrected chi connectivity index (χ1v) is 8.45. The van der Waals surface area contributed by atoms with Crippen LogP contribution in [0.2, 0.25) is 0 Å². The summed E-state index contributed by atoms with van der Waals surface area (Å²) >= 11 is 0. The van der Waals surface area contributed by atoms with E-state index in [1.54, 1.807) is 6.07 Å². The summed E-state index contributed by atoms with van der Waals surface area (Å²) in [4.78, 5) is 4.47. The first-order chi connectivity index (χ1) is 12.6. The zero-order valence-electron chi connectivity index (χ0n) is 14.7. The van der Waals surface area contributed by atoms with E-state index in [2.05, 4.69) is 10.1 Å². The van der Waals surface area contributed by atoms with Crippen LogP contribution in [0.25, 0.3) is 22.2 Å². The van der Waals surface area contributed by atoms with E-state index in [1.807, 2.05) is 55.5 Å². The summed E-state index contributed by atoms with van der Waals surface area (Å²) in [5, 5.41) is 4.99. The largest absolute Gasteiger partial charge is 0.356 e. The second-order valence-corrected chi connectivity index (χ2v) is 6.31. The Morgan fingerprint density at radius 2 is 1.81 bits per heavy atom. The summed E-state index contributed by atoms with van der Waals surface area (Å²) in [5.41, 5.74) is 10.5. The molecule has 0 bridgehead atoms. The van der Waals surface area contributed by atoms with Crippen molar-refractivity contribution in [1.29, 1.82) is 0 Å². The molecule has 0 spiro atoms. The molecule has 0 aliphatic rings. The molecule has 0 fully saturated rings. The predicted octanol–water partition coefficient (Wildman–Crippen LogP) is 5.00. The van der Waals surface area contributed by atoms with Gasteiger partial charge >= 0.3 is 0 Å². The number of para-hydroxylation sites is 1. The Labute approximate surface area is 162 Å². The molecular weight excluding hydrogens is 365 g/mol. The van der Waals surface area contributed by atoms with Gasteiger partial charge in [0.1, 0.15) is 11.5 Å². The maximum absolute atomic E-state index is 14.7. The lowest BCUT2D eigenvalue weighted by molar-refractivity contribution is 0.459. The van der Waals surface area contributed by atoms with E-state index in [9.17, 15) is 4.39 Å². The Balaban J connectivity index is 0.00000210. The minimum atomic E-state index is -0.545. The normalized spacial score (nSPS) is 12.0. The SMILES string of the molecule is Cc1cccc(CC(N)c2c(F)cccc2-c2noc3ccccc23)n1.Cl. The lowest BCUT2D eigenvalue weighted by Gasteiger charge is -2.16. The predicted molar refractivity (Wildman–Crippen MR) is 106 cm³/mol. The van der Waals surface area contributed by atoms with Gasteiger partial charge < -0.3 is 10.3 Å². The molecule has 4 aromatic rings. The molecular formula is C21H19ClFN3O. The van der Waals surface area contributed by atoms with Crippen LogP contribution in [0.15, 0.2) is 65.2 Å². The van der Waals surface area contributed by atoms with Crippen LogP contribution in [0, 0.1) is 12.7 Å². The van der Waals surface area contributed by atoms with Gasteiger partial charge in [-0.1, -0.05) is 35.5 Å². The molecule has 1 unspecified atom stereocenters. The average molecular weight is 384 g/mol. The Kier molecular flexibility index (Phi) is 5.54. The standard InChI is InChI=1S/C21H18FN3O.ClH/c1-13-6-4-7-14(24-13)12-18(23)20-16(9-5-10-17(20)22)21-15-8-2-3-11-19(15)26-25-21;/h2-11,18H,12,23H2,1H3;1H. The van der Waals surface area contributed by atoms with Crippen molar-refractivity contribution in [3.63, 3.8) is 0 Å². The van der Waals surface area contributed by atoms with E-state index >= 15 is 0 Å². The summed E-state index contributed by atoms with van der Waals surface area (Å²) in [7, 11) is 0. The van der Waals surface area contributed by atoms with Crippen LogP contribution in [-0.2, 0) is 6.42 Å². The second-order valence-electron chi connectivity index (χ2n) is 6.31. The van der Waals surface area contributed by atoms with Crippen LogP contribution < -0.4 is 5.73 Å². The first-order valence-electron chi connectivity index (χ1n) is 8.45. The molecule has 4 nitrogen and oxygen atoms in total.